The quantitative estimate of drug-likeness (QED) is 0.679. The molecule has 0 heterocycles. The lowest BCUT2D eigenvalue weighted by molar-refractivity contribution is 0.203. The van der Waals surface area contributed by atoms with Crippen LogP contribution in [0.5, 0.6) is 0 Å². The molecule has 3 nitrogen and oxygen atoms in total. The highest BCUT2D eigenvalue weighted by atomic mass is 16.3. The third-order valence-electron chi connectivity index (χ3n) is 2.42. The fourth-order valence-corrected chi connectivity index (χ4v) is 1.57. The molecule has 3 heteroatoms. The van der Waals surface area contributed by atoms with Gasteiger partial charge in [-0.05, 0) is 11.1 Å². The third-order valence-corrected chi connectivity index (χ3v) is 2.42. The largest absolute Gasteiger partial charge is 0.395 e. The highest BCUT2D eigenvalue weighted by Crippen LogP contribution is 2.07. The number of hydrogen-bond donors (Lipinski definition) is 2. The van der Waals surface area contributed by atoms with Crippen molar-refractivity contribution in [3.63, 3.8) is 0 Å². The summed E-state index contributed by atoms with van der Waals surface area (Å²) < 4.78 is 0. The van der Waals surface area contributed by atoms with E-state index in [1.807, 2.05) is 30.3 Å². The lowest BCUT2D eigenvalue weighted by Gasteiger charge is -2.19. The lowest BCUT2D eigenvalue weighted by atomic mass is 10.1. The summed E-state index contributed by atoms with van der Waals surface area (Å²) >= 11 is 0. The first-order valence-electron chi connectivity index (χ1n) is 5.43. The van der Waals surface area contributed by atoms with Crippen molar-refractivity contribution in [1.29, 1.82) is 0 Å². The van der Waals surface area contributed by atoms with Gasteiger partial charge in [0.05, 0.1) is 13.2 Å². The van der Waals surface area contributed by atoms with Crippen molar-refractivity contribution in [2.45, 2.75) is 13.2 Å². The molecule has 1 rings (SSSR count). The molecule has 2 N–H and O–H groups in total. The molecule has 0 bridgehead atoms. The normalized spacial score (nSPS) is 10.7. The minimum atomic E-state index is 0.0767. The SMILES string of the molecule is C=CCN(CCO)Cc1ccc(CO)cc1. The number of benzene rings is 1. The predicted octanol–water partition coefficient (Wildman–Crippen LogP) is 1.16. The minimum absolute atomic E-state index is 0.0767. The van der Waals surface area contributed by atoms with Gasteiger partial charge in [-0.3, -0.25) is 4.90 Å². The zero-order valence-corrected chi connectivity index (χ0v) is 9.47. The first-order valence-corrected chi connectivity index (χ1v) is 5.43. The molecule has 0 aliphatic carbocycles. The van der Waals surface area contributed by atoms with Crippen LogP contribution in [0, 0.1) is 0 Å². The van der Waals surface area contributed by atoms with E-state index < -0.39 is 0 Å². The zero-order valence-electron chi connectivity index (χ0n) is 9.47. The van der Waals surface area contributed by atoms with Crippen LogP contribution < -0.4 is 0 Å². The van der Waals surface area contributed by atoms with Gasteiger partial charge in [0.1, 0.15) is 0 Å². The van der Waals surface area contributed by atoms with Gasteiger partial charge in [0.2, 0.25) is 0 Å². The molecule has 0 unspecified atom stereocenters. The Morgan fingerprint density at radius 1 is 1.12 bits per heavy atom. The van der Waals surface area contributed by atoms with Crippen LogP contribution in [0.2, 0.25) is 0 Å². The predicted molar refractivity (Wildman–Crippen MR) is 64.9 cm³/mol. The molecule has 16 heavy (non-hydrogen) atoms. The van der Waals surface area contributed by atoms with Crippen molar-refractivity contribution in [3.8, 4) is 0 Å². The van der Waals surface area contributed by atoms with Gasteiger partial charge in [0.25, 0.3) is 0 Å². The smallest absolute Gasteiger partial charge is 0.0681 e. The van der Waals surface area contributed by atoms with Crippen molar-refractivity contribution in [2.24, 2.45) is 0 Å². The molecule has 88 valence electrons. The van der Waals surface area contributed by atoms with E-state index in [4.69, 9.17) is 10.2 Å². The molecular weight excluding hydrogens is 202 g/mol. The maximum Gasteiger partial charge on any atom is 0.0681 e. The van der Waals surface area contributed by atoms with E-state index in [2.05, 4.69) is 11.5 Å². The number of aliphatic hydroxyl groups excluding tert-OH is 2. The van der Waals surface area contributed by atoms with Crippen molar-refractivity contribution in [1.82, 2.24) is 4.90 Å². The second-order valence-corrected chi connectivity index (χ2v) is 3.72. The molecule has 0 aliphatic rings. The van der Waals surface area contributed by atoms with Crippen LogP contribution in [-0.2, 0) is 13.2 Å². The Morgan fingerprint density at radius 3 is 2.25 bits per heavy atom. The molecule has 0 radical (unpaired) electrons. The number of nitrogens with zero attached hydrogens (tertiary/aromatic N) is 1. The molecule has 0 amide bonds. The Morgan fingerprint density at radius 2 is 1.75 bits per heavy atom. The molecule has 0 saturated heterocycles. The first-order chi connectivity index (χ1) is 7.80. The fourth-order valence-electron chi connectivity index (χ4n) is 1.57. The van der Waals surface area contributed by atoms with Gasteiger partial charge in [-0.15, -0.1) is 6.58 Å². The van der Waals surface area contributed by atoms with Gasteiger partial charge >= 0.3 is 0 Å². The van der Waals surface area contributed by atoms with Crippen molar-refractivity contribution < 1.29 is 10.2 Å². The fraction of sp³-hybridized carbons (Fsp3) is 0.385. The van der Waals surface area contributed by atoms with Crippen LogP contribution in [0.25, 0.3) is 0 Å². The molecular formula is C13H19NO2. The third kappa shape index (κ3) is 4.14. The van der Waals surface area contributed by atoms with Crippen molar-refractivity contribution in [2.75, 3.05) is 19.7 Å². The Labute approximate surface area is 96.6 Å². The summed E-state index contributed by atoms with van der Waals surface area (Å²) in [5.41, 5.74) is 2.09. The number of rotatable bonds is 7. The molecule has 0 atom stereocenters. The summed E-state index contributed by atoms with van der Waals surface area (Å²) in [5.74, 6) is 0. The monoisotopic (exact) mass is 221 g/mol. The van der Waals surface area contributed by atoms with Gasteiger partial charge in [-0.25, -0.2) is 0 Å². The van der Waals surface area contributed by atoms with E-state index in [0.29, 0.717) is 6.54 Å². The van der Waals surface area contributed by atoms with Gasteiger partial charge < -0.3 is 10.2 Å². The van der Waals surface area contributed by atoms with Gasteiger partial charge in [0.15, 0.2) is 0 Å². The molecule has 0 saturated carbocycles. The average Bonchev–Trinajstić information content (AvgIpc) is 2.31. The van der Waals surface area contributed by atoms with Gasteiger partial charge in [-0.1, -0.05) is 30.3 Å². The second-order valence-electron chi connectivity index (χ2n) is 3.72. The second kappa shape index (κ2) is 7.17. The summed E-state index contributed by atoms with van der Waals surface area (Å²) in [7, 11) is 0. The first kappa shape index (κ1) is 12.9. The molecule has 0 aromatic heterocycles. The van der Waals surface area contributed by atoms with Crippen molar-refractivity contribution in [3.05, 3.63) is 48.0 Å². The van der Waals surface area contributed by atoms with Crippen LogP contribution in [0.1, 0.15) is 11.1 Å². The summed E-state index contributed by atoms with van der Waals surface area (Å²) in [4.78, 5) is 2.11. The Bertz CT molecular complexity index is 308. The maximum absolute atomic E-state index is 8.92. The molecule has 1 aromatic rings. The Balaban J connectivity index is 2.58. The highest BCUT2D eigenvalue weighted by Gasteiger charge is 2.03. The van der Waals surface area contributed by atoms with E-state index in [0.717, 1.165) is 18.7 Å². The number of hydrogen-bond acceptors (Lipinski definition) is 3. The van der Waals surface area contributed by atoms with Crippen LogP contribution >= 0.6 is 0 Å². The summed E-state index contributed by atoms with van der Waals surface area (Å²) in [5, 5.41) is 17.8. The van der Waals surface area contributed by atoms with E-state index >= 15 is 0 Å². The van der Waals surface area contributed by atoms with E-state index in [1.54, 1.807) is 0 Å². The van der Waals surface area contributed by atoms with Crippen LogP contribution in [0.15, 0.2) is 36.9 Å². The van der Waals surface area contributed by atoms with Crippen LogP contribution in [-0.4, -0.2) is 34.8 Å². The zero-order chi connectivity index (χ0) is 11.8. The number of aliphatic hydroxyl groups is 2. The molecule has 1 aromatic carbocycles. The lowest BCUT2D eigenvalue weighted by Crippen LogP contribution is -2.26. The summed E-state index contributed by atoms with van der Waals surface area (Å²) in [6.07, 6.45) is 1.83. The minimum Gasteiger partial charge on any atom is -0.395 e. The average molecular weight is 221 g/mol. The van der Waals surface area contributed by atoms with Crippen molar-refractivity contribution >= 4 is 0 Å². The van der Waals surface area contributed by atoms with E-state index in [1.165, 1.54) is 5.56 Å². The standard InChI is InChI=1S/C13H19NO2/c1-2-7-14(8-9-15)10-12-3-5-13(11-16)6-4-12/h2-6,15-16H,1,7-11H2. The van der Waals surface area contributed by atoms with Gasteiger partial charge in [-0.2, -0.15) is 0 Å². The highest BCUT2D eigenvalue weighted by molar-refractivity contribution is 5.21. The Hall–Kier alpha value is -1.16. The van der Waals surface area contributed by atoms with Gasteiger partial charge in [0, 0.05) is 19.6 Å². The van der Waals surface area contributed by atoms with E-state index in [9.17, 15) is 0 Å². The van der Waals surface area contributed by atoms with Crippen LogP contribution in [0.4, 0.5) is 0 Å². The summed E-state index contributed by atoms with van der Waals surface area (Å²) in [6, 6.07) is 7.83. The topological polar surface area (TPSA) is 43.7 Å². The maximum atomic E-state index is 8.92. The molecule has 0 fully saturated rings. The Kier molecular flexibility index (Phi) is 5.78. The summed E-state index contributed by atoms with van der Waals surface area (Å²) in [6.45, 7) is 6.13. The van der Waals surface area contributed by atoms with E-state index in [-0.39, 0.29) is 13.2 Å². The molecule has 0 spiro atoms. The molecule has 0 aliphatic heterocycles. The van der Waals surface area contributed by atoms with Crippen LogP contribution in [0.3, 0.4) is 0 Å².